The number of rotatable bonds is 4. The van der Waals surface area contributed by atoms with E-state index in [0.717, 1.165) is 11.1 Å². The van der Waals surface area contributed by atoms with E-state index in [1.54, 1.807) is 26.4 Å². The maximum Gasteiger partial charge on any atom is 0.331 e. The average Bonchev–Trinajstić information content (AvgIpc) is 2.34. The number of hydrogen-bond donors (Lipinski definition) is 0. The van der Waals surface area contributed by atoms with Gasteiger partial charge in [0.1, 0.15) is 17.1 Å². The molecule has 1 aromatic rings. The highest BCUT2D eigenvalue weighted by Crippen LogP contribution is 2.29. The van der Waals surface area contributed by atoms with E-state index in [-0.39, 0.29) is 5.97 Å². The summed E-state index contributed by atoms with van der Waals surface area (Å²) < 4.78 is 15.7. The van der Waals surface area contributed by atoms with E-state index in [1.807, 2.05) is 33.8 Å². The van der Waals surface area contributed by atoms with Crippen molar-refractivity contribution < 1.29 is 19.0 Å². The van der Waals surface area contributed by atoms with Crippen LogP contribution in [0.5, 0.6) is 11.5 Å². The smallest absolute Gasteiger partial charge is 0.331 e. The van der Waals surface area contributed by atoms with E-state index < -0.39 is 5.60 Å². The monoisotopic (exact) mass is 278 g/mol. The first-order chi connectivity index (χ1) is 9.26. The Morgan fingerprint density at radius 3 is 2.30 bits per heavy atom. The van der Waals surface area contributed by atoms with Crippen molar-refractivity contribution in [2.75, 3.05) is 14.2 Å². The number of benzene rings is 1. The van der Waals surface area contributed by atoms with E-state index in [2.05, 4.69) is 0 Å². The van der Waals surface area contributed by atoms with Crippen molar-refractivity contribution in [1.29, 1.82) is 0 Å². The van der Waals surface area contributed by atoms with Crippen molar-refractivity contribution in [3.05, 3.63) is 29.3 Å². The summed E-state index contributed by atoms with van der Waals surface area (Å²) in [5, 5.41) is 0. The summed E-state index contributed by atoms with van der Waals surface area (Å²) in [6.45, 7) is 7.42. The Labute approximate surface area is 120 Å². The van der Waals surface area contributed by atoms with Crippen LogP contribution < -0.4 is 9.47 Å². The Morgan fingerprint density at radius 2 is 1.80 bits per heavy atom. The lowest BCUT2D eigenvalue weighted by atomic mass is 10.1. The first-order valence-electron chi connectivity index (χ1n) is 6.40. The summed E-state index contributed by atoms with van der Waals surface area (Å²) in [4.78, 5) is 11.7. The molecule has 0 amide bonds. The normalized spacial score (nSPS) is 11.5. The Bertz CT molecular complexity index is 510. The second-order valence-corrected chi connectivity index (χ2v) is 5.43. The molecule has 110 valence electrons. The lowest BCUT2D eigenvalue weighted by Crippen LogP contribution is -2.22. The lowest BCUT2D eigenvalue weighted by molar-refractivity contribution is -0.148. The highest BCUT2D eigenvalue weighted by Gasteiger charge is 2.14. The SMILES string of the molecule is COc1cc(C)c(/C=C/C(=O)OC(C)(C)C)c(OC)c1. The van der Waals surface area contributed by atoms with Crippen LogP contribution in [0.25, 0.3) is 6.08 Å². The van der Waals surface area contributed by atoms with Gasteiger partial charge in [0, 0.05) is 17.7 Å². The topological polar surface area (TPSA) is 44.8 Å². The maximum atomic E-state index is 11.7. The molecule has 4 heteroatoms. The van der Waals surface area contributed by atoms with Gasteiger partial charge in [0.2, 0.25) is 0 Å². The van der Waals surface area contributed by atoms with Crippen LogP contribution in [0.1, 0.15) is 31.9 Å². The molecule has 0 aliphatic carbocycles. The minimum absolute atomic E-state index is 0.380. The molecule has 0 atom stereocenters. The largest absolute Gasteiger partial charge is 0.497 e. The molecule has 0 unspecified atom stereocenters. The van der Waals surface area contributed by atoms with E-state index in [1.165, 1.54) is 6.08 Å². The highest BCUT2D eigenvalue weighted by molar-refractivity contribution is 5.88. The van der Waals surface area contributed by atoms with Crippen molar-refractivity contribution in [1.82, 2.24) is 0 Å². The molecule has 1 rings (SSSR count). The second kappa shape index (κ2) is 6.46. The third-order valence-corrected chi connectivity index (χ3v) is 2.57. The number of carbonyl (C=O) groups excluding carboxylic acids is 1. The Kier molecular flexibility index (Phi) is 5.19. The van der Waals surface area contributed by atoms with Gasteiger partial charge in [-0.05, 0) is 45.4 Å². The number of carbonyl (C=O) groups is 1. The third-order valence-electron chi connectivity index (χ3n) is 2.57. The molecule has 4 nitrogen and oxygen atoms in total. The van der Waals surface area contributed by atoms with Crippen molar-refractivity contribution >= 4 is 12.0 Å². The zero-order valence-corrected chi connectivity index (χ0v) is 12.9. The quantitative estimate of drug-likeness (QED) is 0.625. The summed E-state index contributed by atoms with van der Waals surface area (Å²) in [7, 11) is 3.18. The Hall–Kier alpha value is -1.97. The molecule has 1 aromatic carbocycles. The highest BCUT2D eigenvalue weighted by atomic mass is 16.6. The third kappa shape index (κ3) is 4.61. The second-order valence-electron chi connectivity index (χ2n) is 5.43. The van der Waals surface area contributed by atoms with Gasteiger partial charge >= 0.3 is 5.97 Å². The van der Waals surface area contributed by atoms with Gasteiger partial charge in [-0.1, -0.05) is 0 Å². The van der Waals surface area contributed by atoms with E-state index in [9.17, 15) is 4.79 Å². The number of aryl methyl sites for hydroxylation is 1. The lowest BCUT2D eigenvalue weighted by Gasteiger charge is -2.18. The predicted octanol–water partition coefficient (Wildman–Crippen LogP) is 3.37. The summed E-state index contributed by atoms with van der Waals surface area (Å²) in [6, 6.07) is 3.67. The number of esters is 1. The van der Waals surface area contributed by atoms with Crippen molar-refractivity contribution in [3.63, 3.8) is 0 Å². The molecule has 0 saturated heterocycles. The molecule has 0 radical (unpaired) electrons. The average molecular weight is 278 g/mol. The maximum absolute atomic E-state index is 11.7. The van der Waals surface area contributed by atoms with E-state index in [0.29, 0.717) is 11.5 Å². The minimum Gasteiger partial charge on any atom is -0.497 e. The van der Waals surface area contributed by atoms with Crippen LogP contribution in [-0.4, -0.2) is 25.8 Å². The van der Waals surface area contributed by atoms with Crippen molar-refractivity contribution in [3.8, 4) is 11.5 Å². The van der Waals surface area contributed by atoms with Gasteiger partial charge in [0.15, 0.2) is 0 Å². The van der Waals surface area contributed by atoms with Crippen LogP contribution in [0.3, 0.4) is 0 Å². The molecule has 0 aliphatic heterocycles. The molecule has 0 spiro atoms. The minimum atomic E-state index is -0.500. The van der Waals surface area contributed by atoms with Gasteiger partial charge in [0.25, 0.3) is 0 Å². The standard InChI is InChI=1S/C16H22O4/c1-11-9-12(18-5)10-14(19-6)13(11)7-8-15(17)20-16(2,3)4/h7-10H,1-6H3/b8-7+. The van der Waals surface area contributed by atoms with E-state index >= 15 is 0 Å². The summed E-state index contributed by atoms with van der Waals surface area (Å²) >= 11 is 0. The van der Waals surface area contributed by atoms with Gasteiger partial charge in [-0.2, -0.15) is 0 Å². The van der Waals surface area contributed by atoms with Crippen LogP contribution in [0, 0.1) is 6.92 Å². The van der Waals surface area contributed by atoms with Crippen molar-refractivity contribution in [2.45, 2.75) is 33.3 Å². The number of methoxy groups -OCH3 is 2. The molecular formula is C16H22O4. The van der Waals surface area contributed by atoms with Crippen LogP contribution in [0.15, 0.2) is 18.2 Å². The van der Waals surface area contributed by atoms with Gasteiger partial charge < -0.3 is 14.2 Å². The van der Waals surface area contributed by atoms with Gasteiger partial charge in [-0.3, -0.25) is 0 Å². The molecule has 0 aliphatic rings. The van der Waals surface area contributed by atoms with Gasteiger partial charge in [-0.25, -0.2) is 4.79 Å². The van der Waals surface area contributed by atoms with Crippen LogP contribution in [-0.2, 0) is 9.53 Å². The summed E-state index contributed by atoms with van der Waals surface area (Å²) in [5.41, 5.74) is 1.29. The zero-order valence-electron chi connectivity index (χ0n) is 12.9. The summed E-state index contributed by atoms with van der Waals surface area (Å²) in [5.74, 6) is 0.991. The van der Waals surface area contributed by atoms with Crippen LogP contribution >= 0.6 is 0 Å². The van der Waals surface area contributed by atoms with Crippen molar-refractivity contribution in [2.24, 2.45) is 0 Å². The molecule has 20 heavy (non-hydrogen) atoms. The fraction of sp³-hybridized carbons (Fsp3) is 0.438. The molecule has 0 heterocycles. The van der Waals surface area contributed by atoms with Crippen LogP contribution in [0.4, 0.5) is 0 Å². The predicted molar refractivity (Wildman–Crippen MR) is 79.2 cm³/mol. The van der Waals surface area contributed by atoms with Crippen LogP contribution in [0.2, 0.25) is 0 Å². The molecular weight excluding hydrogens is 256 g/mol. The number of ether oxygens (including phenoxy) is 3. The first-order valence-corrected chi connectivity index (χ1v) is 6.40. The van der Waals surface area contributed by atoms with E-state index in [4.69, 9.17) is 14.2 Å². The fourth-order valence-electron chi connectivity index (χ4n) is 1.72. The molecule has 0 aromatic heterocycles. The number of hydrogen-bond acceptors (Lipinski definition) is 4. The summed E-state index contributed by atoms with van der Waals surface area (Å²) in [6.07, 6.45) is 3.10. The fourth-order valence-corrected chi connectivity index (χ4v) is 1.72. The Morgan fingerprint density at radius 1 is 1.15 bits per heavy atom. The first kappa shape index (κ1) is 16.1. The Balaban J connectivity index is 3.00. The molecule has 0 fully saturated rings. The van der Waals surface area contributed by atoms with Gasteiger partial charge in [-0.15, -0.1) is 0 Å². The molecule has 0 saturated carbocycles. The van der Waals surface area contributed by atoms with Gasteiger partial charge in [0.05, 0.1) is 14.2 Å². The zero-order chi connectivity index (χ0) is 15.3. The molecule has 0 N–H and O–H groups in total. The molecule has 0 bridgehead atoms.